The first-order chi connectivity index (χ1) is 11.5. The summed E-state index contributed by atoms with van der Waals surface area (Å²) in [6.45, 7) is 10.1. The number of aliphatic imine (C=N–C) groups is 1. The topological polar surface area (TPSA) is 61.8 Å². The van der Waals surface area contributed by atoms with Crippen molar-refractivity contribution in [1.29, 1.82) is 0 Å². The largest absolute Gasteiger partial charge is 0.380 e. The highest BCUT2D eigenvalue weighted by atomic mass is 127. The number of hydrogen-bond acceptors (Lipinski definition) is 4. The van der Waals surface area contributed by atoms with E-state index in [1.807, 2.05) is 37.2 Å². The van der Waals surface area contributed by atoms with Gasteiger partial charge in [-0.25, -0.2) is 9.98 Å². The fourth-order valence-corrected chi connectivity index (χ4v) is 1.97. The molecule has 6 nitrogen and oxygen atoms in total. The number of pyridine rings is 1. The van der Waals surface area contributed by atoms with Gasteiger partial charge in [-0.05, 0) is 31.4 Å². The maximum Gasteiger partial charge on any atom is 0.191 e. The van der Waals surface area contributed by atoms with Crippen LogP contribution in [0, 0.1) is 5.92 Å². The van der Waals surface area contributed by atoms with Gasteiger partial charge < -0.3 is 20.3 Å². The summed E-state index contributed by atoms with van der Waals surface area (Å²) in [6, 6.07) is 6.00. The summed E-state index contributed by atoms with van der Waals surface area (Å²) < 4.78 is 5.61. The van der Waals surface area contributed by atoms with Gasteiger partial charge in [0, 0.05) is 33.8 Å². The fourth-order valence-electron chi connectivity index (χ4n) is 1.97. The molecule has 0 aliphatic carbocycles. The summed E-state index contributed by atoms with van der Waals surface area (Å²) in [6.07, 6.45) is 1.10. The minimum atomic E-state index is 0. The second-order valence-electron chi connectivity index (χ2n) is 6.30. The molecule has 0 bridgehead atoms. The summed E-state index contributed by atoms with van der Waals surface area (Å²) in [7, 11) is 3.97. The molecular weight excluding hydrogens is 429 g/mol. The number of halogens is 1. The first kappa shape index (κ1) is 23.9. The van der Waals surface area contributed by atoms with Gasteiger partial charge in [0.15, 0.2) is 5.96 Å². The van der Waals surface area contributed by atoms with Gasteiger partial charge in [-0.15, -0.1) is 24.0 Å². The van der Waals surface area contributed by atoms with E-state index in [0.717, 1.165) is 43.6 Å². The van der Waals surface area contributed by atoms with Crippen LogP contribution in [0.2, 0.25) is 0 Å². The summed E-state index contributed by atoms with van der Waals surface area (Å²) in [5, 5.41) is 6.54. The van der Waals surface area contributed by atoms with Crippen LogP contribution in [-0.4, -0.2) is 51.3 Å². The number of ether oxygens (including phenoxy) is 1. The maximum atomic E-state index is 5.61. The SMILES string of the molecule is CCNC(=NCc1cccc(N(C)C)n1)NCCOCCC(C)C.I. The Morgan fingerprint density at radius 1 is 1.24 bits per heavy atom. The number of rotatable bonds is 10. The highest BCUT2D eigenvalue weighted by Crippen LogP contribution is 2.08. The summed E-state index contributed by atoms with van der Waals surface area (Å²) >= 11 is 0. The molecular formula is C18H34IN5O. The van der Waals surface area contributed by atoms with Crippen LogP contribution in [0.15, 0.2) is 23.2 Å². The average Bonchev–Trinajstić information content (AvgIpc) is 2.55. The Kier molecular flexibility index (Phi) is 13.5. The summed E-state index contributed by atoms with van der Waals surface area (Å²) in [4.78, 5) is 11.2. The maximum absolute atomic E-state index is 5.61. The monoisotopic (exact) mass is 463 g/mol. The van der Waals surface area contributed by atoms with Crippen LogP contribution in [0.25, 0.3) is 0 Å². The van der Waals surface area contributed by atoms with E-state index in [-0.39, 0.29) is 24.0 Å². The van der Waals surface area contributed by atoms with Crippen molar-refractivity contribution in [3.63, 3.8) is 0 Å². The van der Waals surface area contributed by atoms with Crippen LogP contribution in [0.1, 0.15) is 32.9 Å². The van der Waals surface area contributed by atoms with Gasteiger partial charge in [-0.3, -0.25) is 0 Å². The fraction of sp³-hybridized carbons (Fsp3) is 0.667. The zero-order chi connectivity index (χ0) is 17.8. The third kappa shape index (κ3) is 11.2. The van der Waals surface area contributed by atoms with Crippen molar-refractivity contribution in [3.05, 3.63) is 23.9 Å². The lowest BCUT2D eigenvalue weighted by Gasteiger charge is -2.13. The van der Waals surface area contributed by atoms with Gasteiger partial charge in [0.25, 0.3) is 0 Å². The second kappa shape index (κ2) is 14.1. The lowest BCUT2D eigenvalue weighted by molar-refractivity contribution is 0.128. The standard InChI is InChI=1S/C18H33N5O.HI/c1-6-19-18(20-11-13-24-12-10-15(2)3)21-14-16-8-7-9-17(22-16)23(4)5;/h7-9,15H,6,10-14H2,1-5H3,(H2,19,20,21);1H. The lowest BCUT2D eigenvalue weighted by atomic mass is 10.1. The van der Waals surface area contributed by atoms with Gasteiger partial charge in [0.1, 0.15) is 5.82 Å². The predicted octanol–water partition coefficient (Wildman–Crippen LogP) is 2.88. The van der Waals surface area contributed by atoms with Crippen LogP contribution in [-0.2, 0) is 11.3 Å². The van der Waals surface area contributed by atoms with Gasteiger partial charge in [0.2, 0.25) is 0 Å². The molecule has 1 aromatic heterocycles. The van der Waals surface area contributed by atoms with Gasteiger partial charge >= 0.3 is 0 Å². The molecule has 1 rings (SSSR count). The Labute approximate surface area is 169 Å². The van der Waals surface area contributed by atoms with Crippen LogP contribution >= 0.6 is 24.0 Å². The molecule has 2 N–H and O–H groups in total. The highest BCUT2D eigenvalue weighted by molar-refractivity contribution is 14.0. The number of nitrogens with zero attached hydrogens (tertiary/aromatic N) is 3. The minimum absolute atomic E-state index is 0. The molecule has 1 heterocycles. The predicted molar refractivity (Wildman–Crippen MR) is 117 cm³/mol. The molecule has 0 aromatic carbocycles. The van der Waals surface area contributed by atoms with E-state index in [1.165, 1.54) is 0 Å². The number of hydrogen-bond donors (Lipinski definition) is 2. The van der Waals surface area contributed by atoms with E-state index in [9.17, 15) is 0 Å². The molecule has 0 spiro atoms. The smallest absolute Gasteiger partial charge is 0.191 e. The van der Waals surface area contributed by atoms with Crippen LogP contribution in [0.4, 0.5) is 5.82 Å². The molecule has 144 valence electrons. The molecule has 0 fully saturated rings. The second-order valence-corrected chi connectivity index (χ2v) is 6.30. The van der Waals surface area contributed by atoms with Crippen molar-refractivity contribution in [1.82, 2.24) is 15.6 Å². The van der Waals surface area contributed by atoms with Crippen LogP contribution in [0.3, 0.4) is 0 Å². The molecule has 0 atom stereocenters. The van der Waals surface area contributed by atoms with E-state index >= 15 is 0 Å². The van der Waals surface area contributed by atoms with E-state index in [1.54, 1.807) is 0 Å². The van der Waals surface area contributed by atoms with Crippen LogP contribution < -0.4 is 15.5 Å². The molecule has 0 aliphatic rings. The Bertz CT molecular complexity index is 494. The van der Waals surface area contributed by atoms with E-state index in [2.05, 4.69) is 41.4 Å². The Hall–Kier alpha value is -1.09. The third-order valence-electron chi connectivity index (χ3n) is 3.37. The molecule has 0 radical (unpaired) electrons. The minimum Gasteiger partial charge on any atom is -0.380 e. The first-order valence-corrected chi connectivity index (χ1v) is 8.76. The third-order valence-corrected chi connectivity index (χ3v) is 3.37. The zero-order valence-corrected chi connectivity index (χ0v) is 18.5. The molecule has 0 aliphatic heterocycles. The number of anilines is 1. The van der Waals surface area contributed by atoms with Crippen molar-refractivity contribution in [2.75, 3.05) is 45.3 Å². The molecule has 7 heteroatoms. The highest BCUT2D eigenvalue weighted by Gasteiger charge is 2.01. The van der Waals surface area contributed by atoms with E-state index in [4.69, 9.17) is 4.74 Å². The van der Waals surface area contributed by atoms with Crippen molar-refractivity contribution in [3.8, 4) is 0 Å². The van der Waals surface area contributed by atoms with Crippen molar-refractivity contribution in [2.24, 2.45) is 10.9 Å². The quantitative estimate of drug-likeness (QED) is 0.242. The molecule has 0 amide bonds. The molecule has 0 unspecified atom stereocenters. The summed E-state index contributed by atoms with van der Waals surface area (Å²) in [5.74, 6) is 2.42. The normalized spacial score (nSPS) is 11.2. The first-order valence-electron chi connectivity index (χ1n) is 8.76. The zero-order valence-electron chi connectivity index (χ0n) is 16.2. The lowest BCUT2D eigenvalue weighted by Crippen LogP contribution is -2.39. The van der Waals surface area contributed by atoms with Gasteiger partial charge in [0.05, 0.1) is 18.8 Å². The molecule has 0 saturated carbocycles. The van der Waals surface area contributed by atoms with E-state index < -0.39 is 0 Å². The molecule has 0 saturated heterocycles. The number of nitrogens with one attached hydrogen (secondary N) is 2. The van der Waals surface area contributed by atoms with Crippen molar-refractivity contribution >= 4 is 35.8 Å². The van der Waals surface area contributed by atoms with E-state index in [0.29, 0.717) is 19.1 Å². The number of aromatic nitrogens is 1. The Morgan fingerprint density at radius 3 is 2.64 bits per heavy atom. The van der Waals surface area contributed by atoms with Crippen LogP contribution in [0.5, 0.6) is 0 Å². The average molecular weight is 463 g/mol. The number of guanidine groups is 1. The van der Waals surface area contributed by atoms with Crippen molar-refractivity contribution < 1.29 is 4.74 Å². The molecule has 25 heavy (non-hydrogen) atoms. The summed E-state index contributed by atoms with van der Waals surface area (Å²) in [5.41, 5.74) is 0.951. The van der Waals surface area contributed by atoms with Gasteiger partial charge in [-0.2, -0.15) is 0 Å². The Balaban J connectivity index is 0.00000576. The van der Waals surface area contributed by atoms with Crippen molar-refractivity contribution in [2.45, 2.75) is 33.7 Å². The van der Waals surface area contributed by atoms with Gasteiger partial charge in [-0.1, -0.05) is 19.9 Å². The Morgan fingerprint density at radius 2 is 2.00 bits per heavy atom. The molecule has 1 aromatic rings.